The van der Waals surface area contributed by atoms with Gasteiger partial charge in [0.15, 0.2) is 5.65 Å². The van der Waals surface area contributed by atoms with Crippen LogP contribution >= 0.6 is 0 Å². The second-order valence-corrected chi connectivity index (χ2v) is 8.10. The molecule has 152 valence electrons. The molecule has 0 N–H and O–H groups in total. The lowest BCUT2D eigenvalue weighted by molar-refractivity contribution is 0.231. The normalized spacial score (nSPS) is 19.6. The second kappa shape index (κ2) is 6.60. The summed E-state index contributed by atoms with van der Waals surface area (Å²) in [6.07, 6.45) is 4.46. The van der Waals surface area contributed by atoms with Crippen LogP contribution in [-0.4, -0.2) is 66.3 Å². The minimum absolute atomic E-state index is 0.118. The molecule has 30 heavy (non-hydrogen) atoms. The smallest absolute Gasteiger partial charge is 0.258 e. The fourth-order valence-electron chi connectivity index (χ4n) is 4.66. The summed E-state index contributed by atoms with van der Waals surface area (Å²) in [6.45, 7) is 6.14. The van der Waals surface area contributed by atoms with E-state index < -0.39 is 0 Å². The number of piperazine rings is 1. The number of pyridine rings is 1. The van der Waals surface area contributed by atoms with Gasteiger partial charge >= 0.3 is 0 Å². The van der Waals surface area contributed by atoms with Gasteiger partial charge in [-0.15, -0.1) is 14.8 Å². The number of aromatic nitrogens is 6. The van der Waals surface area contributed by atoms with Crippen molar-refractivity contribution in [1.29, 1.82) is 0 Å². The van der Waals surface area contributed by atoms with E-state index >= 15 is 0 Å². The molecule has 0 aromatic carbocycles. The number of rotatable bonds is 2. The Morgan fingerprint density at radius 2 is 1.87 bits per heavy atom. The van der Waals surface area contributed by atoms with Crippen LogP contribution in [0.1, 0.15) is 18.7 Å². The molecule has 4 aromatic heterocycles. The van der Waals surface area contributed by atoms with Crippen LogP contribution in [0.2, 0.25) is 0 Å². The van der Waals surface area contributed by atoms with Crippen LogP contribution in [0.4, 0.5) is 5.69 Å². The summed E-state index contributed by atoms with van der Waals surface area (Å²) in [5.74, 6) is 0.650. The highest BCUT2D eigenvalue weighted by Gasteiger charge is 2.30. The Morgan fingerprint density at radius 3 is 2.80 bits per heavy atom. The van der Waals surface area contributed by atoms with E-state index in [1.807, 2.05) is 31.3 Å². The van der Waals surface area contributed by atoms with Crippen LogP contribution in [0.3, 0.4) is 0 Å². The first-order chi connectivity index (χ1) is 14.6. The van der Waals surface area contributed by atoms with E-state index in [0.717, 1.165) is 25.3 Å². The highest BCUT2D eigenvalue weighted by molar-refractivity contribution is 5.60. The monoisotopic (exact) mass is 402 g/mol. The quantitative estimate of drug-likeness (QED) is 0.501. The fourth-order valence-corrected chi connectivity index (χ4v) is 4.66. The average molecular weight is 402 g/mol. The molecule has 0 radical (unpaired) electrons. The first kappa shape index (κ1) is 17.5. The van der Waals surface area contributed by atoms with Gasteiger partial charge in [-0.3, -0.25) is 14.1 Å². The Bertz CT molecular complexity index is 1330. The Balaban J connectivity index is 1.36. The summed E-state index contributed by atoms with van der Waals surface area (Å²) in [5, 5.41) is 8.70. The summed E-state index contributed by atoms with van der Waals surface area (Å²) in [4.78, 5) is 26.8. The maximum absolute atomic E-state index is 12.9. The summed E-state index contributed by atoms with van der Waals surface area (Å²) < 4.78 is 3.10. The third-order valence-electron chi connectivity index (χ3n) is 6.17. The topological polar surface area (TPSA) is 83.9 Å². The van der Waals surface area contributed by atoms with Crippen LogP contribution in [0.15, 0.2) is 41.3 Å². The van der Waals surface area contributed by atoms with Crippen molar-refractivity contribution in [2.75, 3.05) is 31.1 Å². The first-order valence-electron chi connectivity index (χ1n) is 10.4. The van der Waals surface area contributed by atoms with Crippen LogP contribution in [-0.2, 0) is 0 Å². The predicted molar refractivity (Wildman–Crippen MR) is 113 cm³/mol. The highest BCUT2D eigenvalue weighted by atomic mass is 16.1. The van der Waals surface area contributed by atoms with Gasteiger partial charge in [-0.25, -0.2) is 9.97 Å². The van der Waals surface area contributed by atoms with Crippen molar-refractivity contribution in [3.63, 3.8) is 0 Å². The van der Waals surface area contributed by atoms with Gasteiger partial charge in [0.1, 0.15) is 17.2 Å². The van der Waals surface area contributed by atoms with Gasteiger partial charge in [0, 0.05) is 37.9 Å². The summed E-state index contributed by atoms with van der Waals surface area (Å²) in [6, 6.07) is 9.79. The van der Waals surface area contributed by atoms with Crippen molar-refractivity contribution >= 4 is 17.0 Å². The molecule has 0 bridgehead atoms. The van der Waals surface area contributed by atoms with Crippen molar-refractivity contribution in [1.82, 2.24) is 34.1 Å². The molecule has 0 aliphatic carbocycles. The highest BCUT2D eigenvalue weighted by Crippen LogP contribution is 2.25. The Labute approximate surface area is 172 Å². The molecule has 2 aliphatic rings. The largest absolute Gasteiger partial charge is 0.367 e. The third kappa shape index (κ3) is 2.85. The molecule has 2 aliphatic heterocycles. The lowest BCUT2D eigenvalue weighted by Gasteiger charge is -2.38. The van der Waals surface area contributed by atoms with Crippen molar-refractivity contribution in [3.8, 4) is 11.4 Å². The number of nitrogens with zero attached hydrogens (tertiary/aromatic N) is 8. The van der Waals surface area contributed by atoms with E-state index in [4.69, 9.17) is 0 Å². The number of anilines is 1. The molecule has 0 amide bonds. The van der Waals surface area contributed by atoms with E-state index in [2.05, 4.69) is 36.0 Å². The lowest BCUT2D eigenvalue weighted by Crippen LogP contribution is -2.50. The van der Waals surface area contributed by atoms with Gasteiger partial charge in [0.05, 0.1) is 11.4 Å². The van der Waals surface area contributed by atoms with Gasteiger partial charge in [0.25, 0.3) is 5.56 Å². The van der Waals surface area contributed by atoms with Crippen LogP contribution in [0.25, 0.3) is 22.7 Å². The predicted octanol–water partition coefficient (Wildman–Crippen LogP) is 1.39. The van der Waals surface area contributed by atoms with Crippen LogP contribution in [0.5, 0.6) is 0 Å². The van der Waals surface area contributed by atoms with Gasteiger partial charge in [-0.1, -0.05) is 0 Å². The van der Waals surface area contributed by atoms with E-state index in [-0.39, 0.29) is 5.56 Å². The fraction of sp³-hybridized carbons (Fsp3) is 0.381. The number of aryl methyl sites for hydroxylation is 1. The molecule has 0 unspecified atom stereocenters. The molecule has 9 nitrogen and oxygen atoms in total. The minimum Gasteiger partial charge on any atom is -0.367 e. The molecule has 0 saturated carbocycles. The zero-order valence-electron chi connectivity index (χ0n) is 16.8. The summed E-state index contributed by atoms with van der Waals surface area (Å²) in [5.41, 5.74) is 3.35. The molecule has 2 fully saturated rings. The molecule has 2 saturated heterocycles. The maximum Gasteiger partial charge on any atom is 0.258 e. The first-order valence-corrected chi connectivity index (χ1v) is 10.4. The van der Waals surface area contributed by atoms with Crippen molar-refractivity contribution in [2.45, 2.75) is 25.8 Å². The number of hydrogen-bond acceptors (Lipinski definition) is 7. The van der Waals surface area contributed by atoms with Crippen LogP contribution < -0.4 is 10.5 Å². The Hall–Kier alpha value is -3.33. The summed E-state index contributed by atoms with van der Waals surface area (Å²) in [7, 11) is 0. The average Bonchev–Trinajstić information content (AvgIpc) is 3.37. The Morgan fingerprint density at radius 1 is 0.967 bits per heavy atom. The minimum atomic E-state index is -0.118. The van der Waals surface area contributed by atoms with Crippen molar-refractivity contribution in [3.05, 3.63) is 52.7 Å². The molecular weight excluding hydrogens is 380 g/mol. The molecule has 9 heteroatoms. The molecule has 4 aromatic rings. The van der Waals surface area contributed by atoms with E-state index in [9.17, 15) is 4.79 Å². The molecule has 0 spiro atoms. The standard InChI is InChI=1S/C21H22N8O/c1-14-22-20-7-5-17(25-29(20)24-14)18-11-21(30)28-13-16(4-6-19(28)23-18)27-10-9-26-8-2-3-15(26)12-27/h4-7,11,13,15H,2-3,8-10,12H2,1H3/t15-/m1/s1. The van der Waals surface area contributed by atoms with Crippen LogP contribution in [0, 0.1) is 6.92 Å². The number of hydrogen-bond donors (Lipinski definition) is 0. The third-order valence-corrected chi connectivity index (χ3v) is 6.17. The molecule has 6 rings (SSSR count). The van der Waals surface area contributed by atoms with Gasteiger partial charge in [-0.05, 0) is 50.6 Å². The van der Waals surface area contributed by atoms with Gasteiger partial charge in [-0.2, -0.15) is 0 Å². The molecule has 6 heterocycles. The maximum atomic E-state index is 12.9. The van der Waals surface area contributed by atoms with E-state index in [1.165, 1.54) is 30.1 Å². The van der Waals surface area contributed by atoms with Crippen molar-refractivity contribution < 1.29 is 0 Å². The number of fused-ring (bicyclic) bond motifs is 3. The lowest BCUT2D eigenvalue weighted by atomic mass is 10.1. The van der Waals surface area contributed by atoms with Gasteiger partial charge in [0.2, 0.25) is 0 Å². The zero-order valence-corrected chi connectivity index (χ0v) is 16.8. The SMILES string of the molecule is Cc1nc2ccc(-c3cc(=O)n4cc(N5CCN6CCC[C@@H]6C5)ccc4n3)nn2n1. The van der Waals surface area contributed by atoms with Gasteiger partial charge < -0.3 is 4.90 Å². The van der Waals surface area contributed by atoms with E-state index in [1.54, 1.807) is 4.40 Å². The zero-order chi connectivity index (χ0) is 20.2. The molecule has 1 atom stereocenters. The Kier molecular flexibility index (Phi) is 3.85. The molecular formula is C21H22N8O. The van der Waals surface area contributed by atoms with Crippen molar-refractivity contribution in [2.24, 2.45) is 0 Å². The van der Waals surface area contributed by atoms with E-state index in [0.29, 0.717) is 34.5 Å². The second-order valence-electron chi connectivity index (χ2n) is 8.10. The summed E-state index contributed by atoms with van der Waals surface area (Å²) >= 11 is 0.